The van der Waals surface area contributed by atoms with Crippen LogP contribution in [0.5, 0.6) is 5.75 Å². The van der Waals surface area contributed by atoms with Gasteiger partial charge in [-0.15, -0.1) is 0 Å². The second kappa shape index (κ2) is 5.30. The fraction of sp³-hybridized carbons (Fsp3) is 0.529. The highest BCUT2D eigenvalue weighted by atomic mass is 16.5. The van der Waals surface area contributed by atoms with Gasteiger partial charge in [-0.3, -0.25) is 9.59 Å². The molecule has 1 N–H and O–H groups in total. The van der Waals surface area contributed by atoms with Crippen molar-refractivity contribution in [2.75, 3.05) is 18.5 Å². The molecule has 3 aliphatic rings. The van der Waals surface area contributed by atoms with Crippen LogP contribution < -0.4 is 10.1 Å². The first kappa shape index (κ1) is 13.6. The Labute approximate surface area is 129 Å². The minimum atomic E-state index is -0.176. The zero-order valence-electron chi connectivity index (χ0n) is 12.5. The Morgan fingerprint density at radius 3 is 2.77 bits per heavy atom. The van der Waals surface area contributed by atoms with Gasteiger partial charge in [0.1, 0.15) is 5.75 Å². The zero-order valence-corrected chi connectivity index (χ0v) is 12.5. The Bertz CT molecular complexity index is 622. The Balaban J connectivity index is 1.53. The lowest BCUT2D eigenvalue weighted by atomic mass is 9.87. The maximum atomic E-state index is 12.7. The van der Waals surface area contributed by atoms with E-state index >= 15 is 0 Å². The molecule has 4 rings (SSSR count). The fourth-order valence-corrected chi connectivity index (χ4v) is 3.87. The van der Waals surface area contributed by atoms with Gasteiger partial charge in [-0.25, -0.2) is 0 Å². The number of carbonyl (C=O) groups is 2. The van der Waals surface area contributed by atoms with E-state index in [1.807, 2.05) is 4.90 Å². The molecule has 2 aliphatic heterocycles. The summed E-state index contributed by atoms with van der Waals surface area (Å²) in [4.78, 5) is 26.1. The SMILES string of the molecule is O=C1COc2ccc(C(=O)N3CCC3C3CCCC3)cc2N1. The number of carbonyl (C=O) groups excluding carboxylic acids is 2. The lowest BCUT2D eigenvalue weighted by Crippen LogP contribution is -2.54. The first-order chi connectivity index (χ1) is 10.7. The Kier molecular flexibility index (Phi) is 3.28. The summed E-state index contributed by atoms with van der Waals surface area (Å²) in [6, 6.07) is 5.71. The van der Waals surface area contributed by atoms with Crippen LogP contribution in [0.15, 0.2) is 18.2 Å². The number of nitrogens with one attached hydrogen (secondary N) is 1. The predicted molar refractivity (Wildman–Crippen MR) is 82.0 cm³/mol. The second-order valence-corrected chi connectivity index (χ2v) is 6.45. The number of amides is 2. The van der Waals surface area contributed by atoms with Crippen molar-refractivity contribution in [3.05, 3.63) is 23.8 Å². The molecule has 2 amide bonds. The van der Waals surface area contributed by atoms with Crippen LogP contribution in [0.3, 0.4) is 0 Å². The molecule has 1 saturated heterocycles. The van der Waals surface area contributed by atoms with Crippen LogP contribution >= 0.6 is 0 Å². The summed E-state index contributed by atoms with van der Waals surface area (Å²) in [5, 5.41) is 2.76. The Hall–Kier alpha value is -2.04. The van der Waals surface area contributed by atoms with Crippen LogP contribution in [0, 0.1) is 5.92 Å². The minimum Gasteiger partial charge on any atom is -0.482 e. The lowest BCUT2D eigenvalue weighted by Gasteiger charge is -2.44. The largest absolute Gasteiger partial charge is 0.482 e. The summed E-state index contributed by atoms with van der Waals surface area (Å²) >= 11 is 0. The van der Waals surface area contributed by atoms with Gasteiger partial charge in [-0.05, 0) is 43.4 Å². The molecule has 1 aliphatic carbocycles. The highest BCUT2D eigenvalue weighted by molar-refractivity contribution is 6.00. The van der Waals surface area contributed by atoms with Crippen molar-refractivity contribution < 1.29 is 14.3 Å². The predicted octanol–water partition coefficient (Wildman–Crippen LogP) is 2.42. The molecule has 1 aromatic rings. The fourth-order valence-electron chi connectivity index (χ4n) is 3.87. The molecule has 2 heterocycles. The number of benzene rings is 1. The molecular formula is C17H20N2O3. The molecule has 0 aromatic heterocycles. The number of likely N-dealkylation sites (tertiary alicyclic amines) is 1. The summed E-state index contributed by atoms with van der Waals surface area (Å²) in [7, 11) is 0. The van der Waals surface area contributed by atoms with Gasteiger partial charge in [0.15, 0.2) is 6.61 Å². The summed E-state index contributed by atoms with van der Waals surface area (Å²) in [6.45, 7) is 0.885. The third-order valence-electron chi connectivity index (χ3n) is 5.13. The number of nitrogens with zero attached hydrogens (tertiary/aromatic N) is 1. The molecule has 0 bridgehead atoms. The molecule has 116 valence electrons. The summed E-state index contributed by atoms with van der Waals surface area (Å²) in [5.74, 6) is 1.21. The molecule has 5 heteroatoms. The smallest absolute Gasteiger partial charge is 0.262 e. The van der Waals surface area contributed by atoms with Crippen molar-refractivity contribution >= 4 is 17.5 Å². The average Bonchev–Trinajstić information content (AvgIpc) is 2.99. The van der Waals surface area contributed by atoms with Gasteiger partial charge in [0.25, 0.3) is 11.8 Å². The monoisotopic (exact) mass is 300 g/mol. The van der Waals surface area contributed by atoms with E-state index in [1.165, 1.54) is 25.7 Å². The number of fused-ring (bicyclic) bond motifs is 1. The molecular weight excluding hydrogens is 280 g/mol. The van der Waals surface area contributed by atoms with E-state index in [9.17, 15) is 9.59 Å². The molecule has 2 fully saturated rings. The molecule has 1 unspecified atom stereocenters. The standard InChI is InChI=1S/C17H20N2O3/c20-16-10-22-15-6-5-12(9-13(15)18-16)17(21)19-8-7-14(19)11-3-1-2-4-11/h5-6,9,11,14H,1-4,7-8,10H2,(H,18,20). The van der Waals surface area contributed by atoms with Gasteiger partial charge in [-0.1, -0.05) is 12.8 Å². The van der Waals surface area contributed by atoms with Crippen LogP contribution in [0.4, 0.5) is 5.69 Å². The van der Waals surface area contributed by atoms with Crippen molar-refractivity contribution in [2.45, 2.75) is 38.1 Å². The number of anilines is 1. The van der Waals surface area contributed by atoms with E-state index < -0.39 is 0 Å². The minimum absolute atomic E-state index is 0.0379. The third-order valence-corrected chi connectivity index (χ3v) is 5.13. The first-order valence-electron chi connectivity index (χ1n) is 8.10. The maximum Gasteiger partial charge on any atom is 0.262 e. The van der Waals surface area contributed by atoms with E-state index in [-0.39, 0.29) is 18.4 Å². The Morgan fingerprint density at radius 2 is 2.05 bits per heavy atom. The second-order valence-electron chi connectivity index (χ2n) is 6.45. The highest BCUT2D eigenvalue weighted by Crippen LogP contribution is 2.37. The van der Waals surface area contributed by atoms with E-state index in [0.29, 0.717) is 29.0 Å². The molecule has 1 aromatic carbocycles. The summed E-state index contributed by atoms with van der Waals surface area (Å²) in [5.41, 5.74) is 1.23. The average molecular weight is 300 g/mol. The third kappa shape index (κ3) is 2.25. The van der Waals surface area contributed by atoms with Crippen LogP contribution in [-0.2, 0) is 4.79 Å². The molecule has 22 heavy (non-hydrogen) atoms. The van der Waals surface area contributed by atoms with Crippen molar-refractivity contribution in [1.82, 2.24) is 4.90 Å². The molecule has 0 radical (unpaired) electrons. The van der Waals surface area contributed by atoms with Crippen LogP contribution in [-0.4, -0.2) is 35.9 Å². The number of rotatable bonds is 2. The van der Waals surface area contributed by atoms with E-state index in [0.717, 1.165) is 13.0 Å². The number of ether oxygens (including phenoxy) is 1. The molecule has 1 saturated carbocycles. The van der Waals surface area contributed by atoms with Crippen LogP contribution in [0.1, 0.15) is 42.5 Å². The van der Waals surface area contributed by atoms with E-state index in [1.54, 1.807) is 18.2 Å². The van der Waals surface area contributed by atoms with E-state index in [2.05, 4.69) is 5.32 Å². The van der Waals surface area contributed by atoms with Gasteiger partial charge in [0.05, 0.1) is 5.69 Å². The topological polar surface area (TPSA) is 58.6 Å². The normalized spacial score (nSPS) is 24.3. The summed E-state index contributed by atoms with van der Waals surface area (Å²) < 4.78 is 5.34. The van der Waals surface area contributed by atoms with Crippen LogP contribution in [0.25, 0.3) is 0 Å². The quantitative estimate of drug-likeness (QED) is 0.912. The van der Waals surface area contributed by atoms with Gasteiger partial charge in [0.2, 0.25) is 0 Å². The van der Waals surface area contributed by atoms with Crippen molar-refractivity contribution in [1.29, 1.82) is 0 Å². The van der Waals surface area contributed by atoms with Gasteiger partial charge >= 0.3 is 0 Å². The van der Waals surface area contributed by atoms with Crippen molar-refractivity contribution in [2.24, 2.45) is 5.92 Å². The molecule has 1 atom stereocenters. The van der Waals surface area contributed by atoms with Gasteiger partial charge < -0.3 is 15.0 Å². The maximum absolute atomic E-state index is 12.7. The van der Waals surface area contributed by atoms with Gasteiger partial charge in [-0.2, -0.15) is 0 Å². The lowest BCUT2D eigenvalue weighted by molar-refractivity contribution is -0.118. The number of hydrogen-bond donors (Lipinski definition) is 1. The Morgan fingerprint density at radius 1 is 1.23 bits per heavy atom. The molecule has 0 spiro atoms. The number of hydrogen-bond acceptors (Lipinski definition) is 3. The van der Waals surface area contributed by atoms with Crippen molar-refractivity contribution in [3.8, 4) is 5.75 Å². The highest BCUT2D eigenvalue weighted by Gasteiger charge is 2.39. The van der Waals surface area contributed by atoms with E-state index in [4.69, 9.17) is 4.74 Å². The zero-order chi connectivity index (χ0) is 15.1. The van der Waals surface area contributed by atoms with Crippen LogP contribution in [0.2, 0.25) is 0 Å². The van der Waals surface area contributed by atoms with Gasteiger partial charge in [0, 0.05) is 18.2 Å². The molecule has 5 nitrogen and oxygen atoms in total. The van der Waals surface area contributed by atoms with Crippen molar-refractivity contribution in [3.63, 3.8) is 0 Å². The first-order valence-corrected chi connectivity index (χ1v) is 8.10. The summed E-state index contributed by atoms with van der Waals surface area (Å²) in [6.07, 6.45) is 6.23.